The predicted molar refractivity (Wildman–Crippen MR) is 63.5 cm³/mol. The van der Waals surface area contributed by atoms with Gasteiger partial charge in [0.05, 0.1) is 4.92 Å². The van der Waals surface area contributed by atoms with Gasteiger partial charge in [0, 0.05) is 24.2 Å². The van der Waals surface area contributed by atoms with E-state index in [1.807, 2.05) is 22.9 Å². The van der Waals surface area contributed by atoms with Gasteiger partial charge in [-0.25, -0.2) is 0 Å². The number of aryl methyl sites for hydroxylation is 1. The van der Waals surface area contributed by atoms with Crippen molar-refractivity contribution >= 4 is 16.6 Å². The summed E-state index contributed by atoms with van der Waals surface area (Å²) in [6.45, 7) is 2.95. The number of hydrogen-bond acceptors (Lipinski definition) is 2. The van der Waals surface area contributed by atoms with Crippen LogP contribution < -0.4 is 0 Å². The van der Waals surface area contributed by atoms with Gasteiger partial charge in [0.15, 0.2) is 0 Å². The van der Waals surface area contributed by atoms with Gasteiger partial charge in [-0.2, -0.15) is 0 Å². The second kappa shape index (κ2) is 4.35. The number of unbranched alkanes of at least 4 members (excludes halogenated alkanes) is 1. The van der Waals surface area contributed by atoms with Crippen LogP contribution in [-0.4, -0.2) is 9.49 Å². The molecule has 1 heterocycles. The Kier molecular flexibility index (Phi) is 2.90. The molecule has 2 rings (SSSR count). The maximum Gasteiger partial charge on any atom is 0.293 e. The lowest BCUT2D eigenvalue weighted by atomic mass is 10.2. The molecule has 0 atom stereocenters. The molecule has 0 fully saturated rings. The summed E-state index contributed by atoms with van der Waals surface area (Å²) >= 11 is 0. The fourth-order valence-corrected chi connectivity index (χ4v) is 1.90. The SMILES string of the molecule is CCCCn1ccc2cccc([N+](=O)[O-])c21. The second-order valence-corrected chi connectivity index (χ2v) is 3.83. The third kappa shape index (κ3) is 1.78. The van der Waals surface area contributed by atoms with Crippen LogP contribution in [0.5, 0.6) is 0 Å². The molecule has 0 bridgehead atoms. The zero-order valence-electron chi connectivity index (χ0n) is 9.22. The van der Waals surface area contributed by atoms with Crippen LogP contribution in [0.2, 0.25) is 0 Å². The first-order chi connectivity index (χ1) is 7.74. The molecular weight excluding hydrogens is 204 g/mol. The van der Waals surface area contributed by atoms with E-state index in [1.165, 1.54) is 0 Å². The Balaban J connectivity index is 2.54. The molecular formula is C12H14N2O2. The normalized spacial score (nSPS) is 10.8. The molecule has 1 aromatic carbocycles. The molecule has 0 radical (unpaired) electrons. The number of rotatable bonds is 4. The van der Waals surface area contributed by atoms with Crippen molar-refractivity contribution in [2.45, 2.75) is 26.3 Å². The Morgan fingerprint density at radius 2 is 2.19 bits per heavy atom. The van der Waals surface area contributed by atoms with Gasteiger partial charge in [-0.05, 0) is 12.5 Å². The summed E-state index contributed by atoms with van der Waals surface area (Å²) in [5.41, 5.74) is 0.930. The molecule has 1 aromatic heterocycles. The van der Waals surface area contributed by atoms with Crippen LogP contribution in [-0.2, 0) is 6.54 Å². The summed E-state index contributed by atoms with van der Waals surface area (Å²) in [4.78, 5) is 10.6. The van der Waals surface area contributed by atoms with Crippen molar-refractivity contribution in [3.05, 3.63) is 40.6 Å². The number of hydrogen-bond donors (Lipinski definition) is 0. The number of nitrogens with zero attached hydrogens (tertiary/aromatic N) is 2. The third-order valence-corrected chi connectivity index (χ3v) is 2.72. The zero-order valence-corrected chi connectivity index (χ0v) is 9.22. The average molecular weight is 218 g/mol. The number of benzene rings is 1. The van der Waals surface area contributed by atoms with Crippen molar-refractivity contribution in [3.63, 3.8) is 0 Å². The van der Waals surface area contributed by atoms with E-state index in [1.54, 1.807) is 12.1 Å². The highest BCUT2D eigenvalue weighted by molar-refractivity contribution is 5.88. The summed E-state index contributed by atoms with van der Waals surface area (Å²) < 4.78 is 1.97. The Morgan fingerprint density at radius 3 is 2.88 bits per heavy atom. The van der Waals surface area contributed by atoms with Crippen molar-refractivity contribution in [1.29, 1.82) is 0 Å². The molecule has 0 aliphatic rings. The van der Waals surface area contributed by atoms with E-state index in [0.29, 0.717) is 0 Å². The summed E-state index contributed by atoms with van der Waals surface area (Å²) in [5, 5.41) is 11.9. The lowest BCUT2D eigenvalue weighted by Gasteiger charge is -2.04. The van der Waals surface area contributed by atoms with Gasteiger partial charge in [0.2, 0.25) is 0 Å². The molecule has 4 nitrogen and oxygen atoms in total. The monoisotopic (exact) mass is 218 g/mol. The first-order valence-corrected chi connectivity index (χ1v) is 5.46. The molecule has 0 amide bonds. The highest BCUT2D eigenvalue weighted by Gasteiger charge is 2.14. The van der Waals surface area contributed by atoms with Crippen LogP contribution in [0, 0.1) is 10.1 Å². The van der Waals surface area contributed by atoms with E-state index >= 15 is 0 Å². The lowest BCUT2D eigenvalue weighted by Crippen LogP contribution is -1.98. The highest BCUT2D eigenvalue weighted by Crippen LogP contribution is 2.26. The minimum absolute atomic E-state index is 0.193. The van der Waals surface area contributed by atoms with Crippen LogP contribution in [0.4, 0.5) is 5.69 Å². The average Bonchev–Trinajstić information content (AvgIpc) is 2.69. The zero-order chi connectivity index (χ0) is 11.5. The van der Waals surface area contributed by atoms with Crippen molar-refractivity contribution in [1.82, 2.24) is 4.57 Å². The van der Waals surface area contributed by atoms with Gasteiger partial charge >= 0.3 is 0 Å². The van der Waals surface area contributed by atoms with Crippen LogP contribution in [0.1, 0.15) is 19.8 Å². The number of fused-ring (bicyclic) bond motifs is 1. The minimum Gasteiger partial charge on any atom is -0.342 e. The molecule has 0 spiro atoms. The molecule has 0 saturated heterocycles. The van der Waals surface area contributed by atoms with E-state index < -0.39 is 0 Å². The molecule has 0 unspecified atom stereocenters. The number of nitro benzene ring substituents is 1. The second-order valence-electron chi connectivity index (χ2n) is 3.83. The molecule has 84 valence electrons. The van der Waals surface area contributed by atoms with E-state index in [2.05, 4.69) is 6.92 Å². The predicted octanol–water partition coefficient (Wildman–Crippen LogP) is 3.35. The first kappa shape index (κ1) is 10.7. The van der Waals surface area contributed by atoms with Crippen molar-refractivity contribution in [2.24, 2.45) is 0 Å². The largest absolute Gasteiger partial charge is 0.342 e. The van der Waals surface area contributed by atoms with Crippen molar-refractivity contribution in [2.75, 3.05) is 0 Å². The first-order valence-electron chi connectivity index (χ1n) is 5.46. The molecule has 0 aliphatic heterocycles. The number of nitro groups is 1. The number of aromatic nitrogens is 1. The van der Waals surface area contributed by atoms with Crippen LogP contribution >= 0.6 is 0 Å². The maximum absolute atomic E-state index is 10.9. The third-order valence-electron chi connectivity index (χ3n) is 2.72. The molecule has 16 heavy (non-hydrogen) atoms. The Labute approximate surface area is 93.6 Å². The van der Waals surface area contributed by atoms with E-state index in [0.717, 1.165) is 30.3 Å². The fraction of sp³-hybridized carbons (Fsp3) is 0.333. The van der Waals surface area contributed by atoms with Gasteiger partial charge < -0.3 is 4.57 Å². The summed E-state index contributed by atoms with van der Waals surface area (Å²) in [6.07, 6.45) is 4.05. The molecule has 0 aliphatic carbocycles. The Hall–Kier alpha value is -1.84. The van der Waals surface area contributed by atoms with Crippen LogP contribution in [0.15, 0.2) is 30.5 Å². The summed E-state index contributed by atoms with van der Waals surface area (Å²) in [7, 11) is 0. The van der Waals surface area contributed by atoms with Crippen molar-refractivity contribution < 1.29 is 4.92 Å². The van der Waals surface area contributed by atoms with E-state index in [4.69, 9.17) is 0 Å². The summed E-state index contributed by atoms with van der Waals surface area (Å²) in [5.74, 6) is 0. The Bertz CT molecular complexity index is 517. The van der Waals surface area contributed by atoms with Crippen LogP contribution in [0.25, 0.3) is 10.9 Å². The molecule has 0 N–H and O–H groups in total. The van der Waals surface area contributed by atoms with Gasteiger partial charge in [-0.15, -0.1) is 0 Å². The van der Waals surface area contributed by atoms with E-state index in [9.17, 15) is 10.1 Å². The van der Waals surface area contributed by atoms with Gasteiger partial charge in [0.25, 0.3) is 5.69 Å². The topological polar surface area (TPSA) is 48.1 Å². The molecule has 4 heteroatoms. The summed E-state index contributed by atoms with van der Waals surface area (Å²) in [6, 6.07) is 7.12. The number of para-hydroxylation sites is 1. The van der Waals surface area contributed by atoms with E-state index in [-0.39, 0.29) is 10.6 Å². The van der Waals surface area contributed by atoms with Gasteiger partial charge in [-0.3, -0.25) is 10.1 Å². The molecule has 2 aromatic rings. The number of non-ortho nitro benzene ring substituents is 1. The minimum atomic E-state index is -0.315. The molecule has 0 saturated carbocycles. The maximum atomic E-state index is 10.9. The van der Waals surface area contributed by atoms with Gasteiger partial charge in [0.1, 0.15) is 5.52 Å². The van der Waals surface area contributed by atoms with Crippen LogP contribution in [0.3, 0.4) is 0 Å². The fourth-order valence-electron chi connectivity index (χ4n) is 1.90. The highest BCUT2D eigenvalue weighted by atomic mass is 16.6. The van der Waals surface area contributed by atoms with Crippen molar-refractivity contribution in [3.8, 4) is 0 Å². The van der Waals surface area contributed by atoms with Gasteiger partial charge in [-0.1, -0.05) is 25.5 Å². The quantitative estimate of drug-likeness (QED) is 0.583. The Morgan fingerprint density at radius 1 is 1.38 bits per heavy atom. The standard InChI is InChI=1S/C12H14N2O2/c1-2-3-8-13-9-7-10-5-4-6-11(12(10)13)14(15)16/h4-7,9H,2-3,8H2,1H3. The lowest BCUT2D eigenvalue weighted by molar-refractivity contribution is -0.383. The smallest absolute Gasteiger partial charge is 0.293 e.